The maximum Gasteiger partial charge on any atom is 0.223 e. The Kier molecular flexibility index (Phi) is 3.19. The maximum atomic E-state index is 10.9. The van der Waals surface area contributed by atoms with Gasteiger partial charge in [0.05, 0.1) is 12.7 Å². The van der Waals surface area contributed by atoms with E-state index in [4.69, 9.17) is 4.74 Å². The van der Waals surface area contributed by atoms with Crippen molar-refractivity contribution >= 4 is 6.29 Å². The predicted molar refractivity (Wildman–Crippen MR) is 60.8 cm³/mol. The van der Waals surface area contributed by atoms with Crippen molar-refractivity contribution in [2.75, 3.05) is 20.7 Å². The van der Waals surface area contributed by atoms with Crippen LogP contribution < -0.4 is 4.74 Å². The van der Waals surface area contributed by atoms with Crippen LogP contribution in [0.2, 0.25) is 0 Å². The number of hydrogen-bond acceptors (Lipinski definition) is 4. The van der Waals surface area contributed by atoms with Crippen LogP contribution in [0.25, 0.3) is 0 Å². The van der Waals surface area contributed by atoms with Crippen LogP contribution in [0.3, 0.4) is 0 Å². The van der Waals surface area contributed by atoms with Crippen molar-refractivity contribution in [1.29, 1.82) is 0 Å². The molecule has 1 aromatic rings. The Hall–Kier alpha value is -1.42. The highest BCUT2D eigenvalue weighted by Gasteiger charge is 2.23. The number of likely N-dealkylation sites (tertiary alicyclic amines) is 1. The fraction of sp³-hybridized carbons (Fsp3) is 0.500. The first-order valence-corrected chi connectivity index (χ1v) is 5.45. The number of nitrogens with zero attached hydrogens (tertiary/aromatic N) is 2. The minimum absolute atomic E-state index is 0.386. The van der Waals surface area contributed by atoms with Crippen molar-refractivity contribution in [2.24, 2.45) is 0 Å². The molecule has 0 N–H and O–H groups in total. The average molecular weight is 220 g/mol. The molecule has 1 saturated heterocycles. The first-order chi connectivity index (χ1) is 7.76. The molecule has 2 rings (SSSR count). The average Bonchev–Trinajstić information content (AvgIpc) is 2.74. The minimum atomic E-state index is 0.386. The molecule has 0 aromatic carbocycles. The zero-order chi connectivity index (χ0) is 11.5. The number of rotatable bonds is 3. The van der Waals surface area contributed by atoms with Crippen LogP contribution in [0.5, 0.6) is 5.88 Å². The Morgan fingerprint density at radius 2 is 2.44 bits per heavy atom. The summed E-state index contributed by atoms with van der Waals surface area (Å²) < 4.78 is 5.02. The molecule has 86 valence electrons. The Bertz CT molecular complexity index is 393. The summed E-state index contributed by atoms with van der Waals surface area (Å²) >= 11 is 0. The summed E-state index contributed by atoms with van der Waals surface area (Å²) in [5.41, 5.74) is 1.63. The number of ether oxygens (including phenoxy) is 1. The van der Waals surface area contributed by atoms with E-state index in [1.165, 1.54) is 13.5 Å². The van der Waals surface area contributed by atoms with Crippen LogP contribution in [-0.4, -0.2) is 36.9 Å². The van der Waals surface area contributed by atoms with Crippen molar-refractivity contribution in [2.45, 2.75) is 18.9 Å². The molecule has 1 aliphatic rings. The van der Waals surface area contributed by atoms with Gasteiger partial charge in [-0.2, -0.15) is 0 Å². The van der Waals surface area contributed by atoms with Gasteiger partial charge in [-0.3, -0.25) is 9.69 Å². The van der Waals surface area contributed by atoms with Gasteiger partial charge in [0.25, 0.3) is 0 Å². The first kappa shape index (κ1) is 11.1. The Morgan fingerprint density at radius 3 is 3.00 bits per heavy atom. The lowest BCUT2D eigenvalue weighted by atomic mass is 10.1. The van der Waals surface area contributed by atoms with E-state index in [9.17, 15) is 4.79 Å². The quantitative estimate of drug-likeness (QED) is 0.727. The molecule has 0 saturated carbocycles. The molecule has 2 heterocycles. The summed E-state index contributed by atoms with van der Waals surface area (Å²) in [6.07, 6.45) is 4.93. The van der Waals surface area contributed by atoms with Crippen molar-refractivity contribution in [3.8, 4) is 5.88 Å². The third kappa shape index (κ3) is 1.93. The number of carbonyl (C=O) groups excluding carboxylic acids is 1. The van der Waals surface area contributed by atoms with E-state index < -0.39 is 0 Å². The summed E-state index contributed by atoms with van der Waals surface area (Å²) in [6, 6.07) is 2.27. The third-order valence-corrected chi connectivity index (χ3v) is 3.13. The summed E-state index contributed by atoms with van der Waals surface area (Å²) in [6.45, 7) is 1.10. The second-order valence-electron chi connectivity index (χ2n) is 4.12. The third-order valence-electron chi connectivity index (χ3n) is 3.13. The second kappa shape index (κ2) is 4.61. The van der Waals surface area contributed by atoms with Gasteiger partial charge in [0.15, 0.2) is 6.29 Å². The Balaban J connectivity index is 2.32. The number of methoxy groups -OCH3 is 1. The van der Waals surface area contributed by atoms with Crippen molar-refractivity contribution in [3.05, 3.63) is 23.4 Å². The zero-order valence-electron chi connectivity index (χ0n) is 9.64. The number of hydrogen-bond donors (Lipinski definition) is 0. The van der Waals surface area contributed by atoms with Gasteiger partial charge in [-0.05, 0) is 38.1 Å². The zero-order valence-corrected chi connectivity index (χ0v) is 9.64. The molecule has 0 unspecified atom stereocenters. The van der Waals surface area contributed by atoms with Gasteiger partial charge in [-0.1, -0.05) is 0 Å². The Labute approximate surface area is 95.2 Å². The van der Waals surface area contributed by atoms with Gasteiger partial charge in [0, 0.05) is 12.2 Å². The molecule has 0 radical (unpaired) electrons. The molecular weight excluding hydrogens is 204 g/mol. The van der Waals surface area contributed by atoms with Gasteiger partial charge in [0.1, 0.15) is 0 Å². The molecule has 1 atom stereocenters. The lowest BCUT2D eigenvalue weighted by molar-refractivity contribution is 0.111. The predicted octanol–water partition coefficient (Wildman–Crippen LogP) is 1.67. The van der Waals surface area contributed by atoms with E-state index in [0.29, 0.717) is 17.5 Å². The molecule has 1 fully saturated rings. The molecule has 0 aliphatic carbocycles. The van der Waals surface area contributed by atoms with E-state index in [1.807, 2.05) is 6.07 Å². The molecule has 1 aromatic heterocycles. The number of carbonyl (C=O) groups is 1. The van der Waals surface area contributed by atoms with Crippen molar-refractivity contribution in [3.63, 3.8) is 0 Å². The smallest absolute Gasteiger partial charge is 0.223 e. The standard InChI is InChI=1S/C12H16N2O2/c1-14-5-3-4-11(14)9-6-10(8-15)12(16-2)13-7-9/h6-8,11H,3-5H2,1-2H3/t11-/m0/s1. The Morgan fingerprint density at radius 1 is 1.62 bits per heavy atom. The van der Waals surface area contributed by atoms with Gasteiger partial charge in [-0.25, -0.2) is 4.98 Å². The van der Waals surface area contributed by atoms with Crippen LogP contribution in [-0.2, 0) is 0 Å². The van der Waals surface area contributed by atoms with E-state index >= 15 is 0 Å². The minimum Gasteiger partial charge on any atom is -0.480 e. The summed E-state index contributed by atoms with van der Waals surface area (Å²) in [4.78, 5) is 17.4. The van der Waals surface area contributed by atoms with Gasteiger partial charge in [-0.15, -0.1) is 0 Å². The van der Waals surface area contributed by atoms with Crippen LogP contribution in [0, 0.1) is 0 Å². The SMILES string of the molecule is COc1ncc([C@@H]2CCCN2C)cc1C=O. The molecular formula is C12H16N2O2. The highest BCUT2D eigenvalue weighted by Crippen LogP contribution is 2.31. The van der Waals surface area contributed by atoms with E-state index in [2.05, 4.69) is 16.9 Å². The van der Waals surface area contributed by atoms with Crippen LogP contribution >= 0.6 is 0 Å². The summed E-state index contributed by atoms with van der Waals surface area (Å²) in [5, 5.41) is 0. The van der Waals surface area contributed by atoms with E-state index in [0.717, 1.165) is 24.8 Å². The highest BCUT2D eigenvalue weighted by atomic mass is 16.5. The van der Waals surface area contributed by atoms with Crippen molar-refractivity contribution in [1.82, 2.24) is 9.88 Å². The maximum absolute atomic E-state index is 10.9. The molecule has 4 heteroatoms. The highest BCUT2D eigenvalue weighted by molar-refractivity contribution is 5.78. The molecule has 0 bridgehead atoms. The summed E-state index contributed by atoms with van der Waals surface area (Å²) in [7, 11) is 3.62. The van der Waals surface area contributed by atoms with Gasteiger partial charge < -0.3 is 4.74 Å². The fourth-order valence-corrected chi connectivity index (χ4v) is 2.25. The number of pyridine rings is 1. The molecule has 16 heavy (non-hydrogen) atoms. The second-order valence-corrected chi connectivity index (χ2v) is 4.12. The number of aldehydes is 1. The molecule has 4 nitrogen and oxygen atoms in total. The molecule has 0 amide bonds. The lowest BCUT2D eigenvalue weighted by Gasteiger charge is -2.19. The van der Waals surface area contributed by atoms with Crippen LogP contribution in [0.4, 0.5) is 0 Å². The van der Waals surface area contributed by atoms with Gasteiger partial charge in [0.2, 0.25) is 5.88 Å². The monoisotopic (exact) mass is 220 g/mol. The lowest BCUT2D eigenvalue weighted by Crippen LogP contribution is -2.17. The largest absolute Gasteiger partial charge is 0.480 e. The first-order valence-electron chi connectivity index (χ1n) is 5.45. The normalized spacial score (nSPS) is 21.0. The van der Waals surface area contributed by atoms with Crippen LogP contribution in [0.1, 0.15) is 34.8 Å². The van der Waals surface area contributed by atoms with Crippen LogP contribution in [0.15, 0.2) is 12.3 Å². The summed E-state index contributed by atoms with van der Waals surface area (Å²) in [5.74, 6) is 0.402. The molecule has 1 aliphatic heterocycles. The van der Waals surface area contributed by atoms with E-state index in [1.54, 1.807) is 6.20 Å². The number of aromatic nitrogens is 1. The van der Waals surface area contributed by atoms with Crippen molar-refractivity contribution < 1.29 is 9.53 Å². The van der Waals surface area contributed by atoms with Gasteiger partial charge >= 0.3 is 0 Å². The topological polar surface area (TPSA) is 42.4 Å². The van der Waals surface area contributed by atoms with E-state index in [-0.39, 0.29) is 0 Å². The molecule has 0 spiro atoms. The fourth-order valence-electron chi connectivity index (χ4n) is 2.25.